The molecule has 4 rings (SSSR count). The Kier molecular flexibility index (Phi) is 5.66. The van der Waals surface area contributed by atoms with Crippen molar-refractivity contribution in [3.63, 3.8) is 0 Å². The van der Waals surface area contributed by atoms with Crippen LogP contribution in [0.4, 0.5) is 17.3 Å². The second kappa shape index (κ2) is 8.36. The number of hydrogen-bond donors (Lipinski definition) is 2. The van der Waals surface area contributed by atoms with Crippen molar-refractivity contribution in [2.24, 2.45) is 0 Å². The molecular formula is C22H21IN4O2. The topological polar surface area (TPSA) is 76.1 Å². The van der Waals surface area contributed by atoms with E-state index < -0.39 is 0 Å². The highest BCUT2D eigenvalue weighted by Crippen LogP contribution is 2.34. The zero-order valence-corrected chi connectivity index (χ0v) is 18.4. The molecule has 0 fully saturated rings. The molecule has 3 aromatic rings. The third-order valence-corrected chi connectivity index (χ3v) is 5.46. The number of methoxy groups -OCH3 is 1. The van der Waals surface area contributed by atoms with E-state index in [0.717, 1.165) is 50.4 Å². The van der Waals surface area contributed by atoms with Gasteiger partial charge in [0.2, 0.25) is 11.9 Å². The number of anilines is 3. The van der Waals surface area contributed by atoms with Gasteiger partial charge in [-0.2, -0.15) is 0 Å². The second-order valence-electron chi connectivity index (χ2n) is 6.88. The maximum Gasteiger partial charge on any atom is 0.228 e. The van der Waals surface area contributed by atoms with Crippen molar-refractivity contribution in [1.29, 1.82) is 0 Å². The van der Waals surface area contributed by atoms with Gasteiger partial charge in [0, 0.05) is 32.6 Å². The van der Waals surface area contributed by atoms with Crippen LogP contribution in [0.3, 0.4) is 0 Å². The number of nitrogens with one attached hydrogen (secondary N) is 2. The van der Waals surface area contributed by atoms with Crippen molar-refractivity contribution in [3.05, 3.63) is 57.3 Å². The van der Waals surface area contributed by atoms with E-state index in [1.165, 1.54) is 5.56 Å². The summed E-state index contributed by atoms with van der Waals surface area (Å²) in [7, 11) is 1.68. The molecule has 2 N–H and O–H groups in total. The molecule has 0 saturated heterocycles. The third kappa shape index (κ3) is 4.19. The number of aromatic nitrogens is 2. The van der Waals surface area contributed by atoms with Crippen LogP contribution in [-0.4, -0.2) is 23.0 Å². The van der Waals surface area contributed by atoms with Gasteiger partial charge in [-0.1, -0.05) is 19.4 Å². The number of carbonyl (C=O) groups is 1. The summed E-state index contributed by atoms with van der Waals surface area (Å²) in [6.07, 6.45) is 4.00. The number of rotatable bonds is 5. The van der Waals surface area contributed by atoms with Gasteiger partial charge < -0.3 is 15.4 Å². The highest BCUT2D eigenvalue weighted by Gasteiger charge is 2.21. The molecule has 1 aromatic heterocycles. The van der Waals surface area contributed by atoms with Crippen LogP contribution in [0.25, 0.3) is 11.3 Å². The van der Waals surface area contributed by atoms with Crippen LogP contribution in [-0.2, 0) is 17.6 Å². The van der Waals surface area contributed by atoms with Gasteiger partial charge >= 0.3 is 0 Å². The lowest BCUT2D eigenvalue weighted by atomic mass is 10.1. The normalized spacial score (nSPS) is 12.4. The Labute approximate surface area is 183 Å². The number of nitrogens with zero attached hydrogens (tertiary/aromatic N) is 2. The number of halogens is 1. The van der Waals surface area contributed by atoms with E-state index in [-0.39, 0.29) is 12.3 Å². The minimum atomic E-state index is -0.0624. The lowest BCUT2D eigenvalue weighted by Gasteiger charge is -2.13. The molecule has 0 unspecified atom stereocenters. The van der Waals surface area contributed by atoms with Crippen LogP contribution >= 0.6 is 22.6 Å². The van der Waals surface area contributed by atoms with E-state index in [4.69, 9.17) is 9.72 Å². The van der Waals surface area contributed by atoms with Crippen LogP contribution in [0.15, 0.2) is 42.6 Å². The van der Waals surface area contributed by atoms with Crippen molar-refractivity contribution >= 4 is 45.8 Å². The first-order chi connectivity index (χ1) is 14.1. The molecule has 2 aromatic carbocycles. The molecule has 1 aliphatic heterocycles. The average molecular weight is 500 g/mol. The zero-order chi connectivity index (χ0) is 20.4. The Morgan fingerprint density at radius 2 is 2.10 bits per heavy atom. The van der Waals surface area contributed by atoms with E-state index >= 15 is 0 Å². The van der Waals surface area contributed by atoms with Crippen molar-refractivity contribution in [3.8, 4) is 17.0 Å². The Morgan fingerprint density at radius 1 is 1.24 bits per heavy atom. The summed E-state index contributed by atoms with van der Waals surface area (Å²) in [5.41, 5.74) is 5.28. The minimum absolute atomic E-state index is 0.0624. The van der Waals surface area contributed by atoms with Gasteiger partial charge in [-0.15, -0.1) is 0 Å². The molecule has 0 spiro atoms. The molecule has 0 radical (unpaired) electrons. The zero-order valence-electron chi connectivity index (χ0n) is 16.3. The smallest absolute Gasteiger partial charge is 0.228 e. The highest BCUT2D eigenvalue weighted by atomic mass is 127. The number of benzene rings is 2. The summed E-state index contributed by atoms with van der Waals surface area (Å²) >= 11 is 2.23. The Balaban J connectivity index is 1.70. The molecule has 0 saturated carbocycles. The maximum atomic E-state index is 12.3. The van der Waals surface area contributed by atoms with E-state index in [2.05, 4.69) is 51.2 Å². The van der Waals surface area contributed by atoms with Gasteiger partial charge in [0.05, 0.1) is 24.9 Å². The van der Waals surface area contributed by atoms with Crippen LogP contribution in [0.2, 0.25) is 0 Å². The SMILES string of the molecule is CCCc1ccc(Nc2ncc3c(n2)-c2ccc(I)cc2NC(=O)C3)cc1OC. The molecule has 148 valence electrons. The van der Waals surface area contributed by atoms with Crippen LogP contribution in [0, 0.1) is 3.57 Å². The summed E-state index contributed by atoms with van der Waals surface area (Å²) in [6, 6.07) is 12.0. The number of amides is 1. The highest BCUT2D eigenvalue weighted by molar-refractivity contribution is 14.1. The lowest BCUT2D eigenvalue weighted by Crippen LogP contribution is -2.12. The number of carbonyl (C=O) groups excluding carboxylic acids is 1. The number of hydrogen-bond acceptors (Lipinski definition) is 5. The van der Waals surface area contributed by atoms with Crippen LogP contribution in [0.1, 0.15) is 24.5 Å². The van der Waals surface area contributed by atoms with E-state index in [9.17, 15) is 4.79 Å². The van der Waals surface area contributed by atoms with Gasteiger partial charge in [-0.05, 0) is 58.8 Å². The maximum absolute atomic E-state index is 12.3. The van der Waals surface area contributed by atoms with Crippen LogP contribution < -0.4 is 15.4 Å². The summed E-state index contributed by atoms with van der Waals surface area (Å²) in [6.45, 7) is 2.15. The summed E-state index contributed by atoms with van der Waals surface area (Å²) < 4.78 is 6.58. The molecule has 0 atom stereocenters. The van der Waals surface area contributed by atoms with Gasteiger partial charge in [0.15, 0.2) is 0 Å². The fraction of sp³-hybridized carbons (Fsp3) is 0.227. The molecule has 1 amide bonds. The molecule has 0 aliphatic carbocycles. The molecule has 2 heterocycles. The monoisotopic (exact) mass is 500 g/mol. The molecule has 1 aliphatic rings. The van der Waals surface area contributed by atoms with E-state index in [0.29, 0.717) is 5.95 Å². The number of fused-ring (bicyclic) bond motifs is 3. The van der Waals surface area contributed by atoms with Crippen molar-refractivity contribution in [2.75, 3.05) is 17.7 Å². The summed E-state index contributed by atoms with van der Waals surface area (Å²) in [5, 5.41) is 6.23. The standard InChI is InChI=1S/C22H21IN4O2/c1-3-4-13-5-7-16(11-19(13)29-2)25-22-24-12-14-9-20(28)26-18-10-15(23)6-8-17(18)21(14)27-22/h5-8,10-12H,3-4,9H2,1-2H3,(H,26,28)(H,24,25,27). The number of ether oxygens (including phenoxy) is 1. The van der Waals surface area contributed by atoms with Crippen molar-refractivity contribution < 1.29 is 9.53 Å². The third-order valence-electron chi connectivity index (χ3n) is 4.79. The van der Waals surface area contributed by atoms with Crippen molar-refractivity contribution in [1.82, 2.24) is 9.97 Å². The van der Waals surface area contributed by atoms with Crippen molar-refractivity contribution in [2.45, 2.75) is 26.2 Å². The minimum Gasteiger partial charge on any atom is -0.496 e. The van der Waals surface area contributed by atoms with Gasteiger partial charge in [-0.25, -0.2) is 9.97 Å². The fourth-order valence-corrected chi connectivity index (χ4v) is 3.94. The summed E-state index contributed by atoms with van der Waals surface area (Å²) in [5.74, 6) is 1.27. The number of aryl methyl sites for hydroxylation is 1. The molecular weight excluding hydrogens is 479 g/mol. The van der Waals surface area contributed by atoms with Crippen LogP contribution in [0.5, 0.6) is 5.75 Å². The first-order valence-corrected chi connectivity index (χ1v) is 10.5. The van der Waals surface area contributed by atoms with E-state index in [1.54, 1.807) is 13.3 Å². The summed E-state index contributed by atoms with van der Waals surface area (Å²) in [4.78, 5) is 21.4. The fourth-order valence-electron chi connectivity index (χ4n) is 3.45. The Hall–Kier alpha value is -2.68. The molecule has 0 bridgehead atoms. The van der Waals surface area contributed by atoms with Gasteiger partial charge in [0.1, 0.15) is 5.75 Å². The predicted octanol–water partition coefficient (Wildman–Crippen LogP) is 4.95. The van der Waals surface area contributed by atoms with E-state index in [1.807, 2.05) is 30.3 Å². The first kappa shape index (κ1) is 19.6. The second-order valence-corrected chi connectivity index (χ2v) is 8.13. The lowest BCUT2D eigenvalue weighted by molar-refractivity contribution is -0.115. The molecule has 7 heteroatoms. The predicted molar refractivity (Wildman–Crippen MR) is 123 cm³/mol. The largest absolute Gasteiger partial charge is 0.496 e. The van der Waals surface area contributed by atoms with Gasteiger partial charge in [0.25, 0.3) is 0 Å². The quantitative estimate of drug-likeness (QED) is 0.485. The Morgan fingerprint density at radius 3 is 2.90 bits per heavy atom. The average Bonchev–Trinajstić information content (AvgIpc) is 2.84. The molecule has 6 nitrogen and oxygen atoms in total. The molecule has 29 heavy (non-hydrogen) atoms. The first-order valence-electron chi connectivity index (χ1n) is 9.47. The van der Waals surface area contributed by atoms with Gasteiger partial charge in [-0.3, -0.25) is 4.79 Å². The Bertz CT molecular complexity index is 1080.